The minimum absolute atomic E-state index is 0.193. The van der Waals surface area contributed by atoms with E-state index in [2.05, 4.69) is 45.3 Å². The van der Waals surface area contributed by atoms with Gasteiger partial charge >= 0.3 is 0 Å². The second kappa shape index (κ2) is 7.71. The fraction of sp³-hybridized carbons (Fsp3) is 0.300. The number of imidazole rings is 1. The van der Waals surface area contributed by atoms with Gasteiger partial charge < -0.3 is 14.8 Å². The second-order valence-corrected chi connectivity index (χ2v) is 7.59. The normalized spacial score (nSPS) is 11.4. The molecule has 0 aliphatic carbocycles. The molecule has 4 aromatic rings. The van der Waals surface area contributed by atoms with Gasteiger partial charge in [0, 0.05) is 38.9 Å². The Balaban J connectivity index is 1.65. The van der Waals surface area contributed by atoms with Crippen LogP contribution in [0, 0.1) is 0 Å². The average molecular weight is 411 g/mol. The van der Waals surface area contributed by atoms with E-state index in [9.17, 15) is 0 Å². The van der Waals surface area contributed by atoms with Crippen molar-refractivity contribution in [3.63, 3.8) is 0 Å². The fourth-order valence-electron chi connectivity index (χ4n) is 3.14. The van der Waals surface area contributed by atoms with E-state index in [1.54, 1.807) is 6.33 Å². The summed E-state index contributed by atoms with van der Waals surface area (Å²) in [5.74, 6) is 1.51. The third-order valence-corrected chi connectivity index (χ3v) is 4.84. The average Bonchev–Trinajstić information content (AvgIpc) is 3.33. The van der Waals surface area contributed by atoms with Gasteiger partial charge in [0.05, 0.1) is 12.0 Å². The van der Waals surface area contributed by atoms with E-state index in [1.807, 2.05) is 58.7 Å². The monoisotopic (exact) mass is 410 g/mol. The highest BCUT2D eigenvalue weighted by Crippen LogP contribution is 2.24. The van der Waals surface area contributed by atoms with Crippen molar-refractivity contribution in [2.75, 3.05) is 24.3 Å². The lowest BCUT2D eigenvalue weighted by Gasteiger charge is -2.13. The topological polar surface area (TPSA) is 76.7 Å². The van der Waals surface area contributed by atoms with E-state index >= 15 is 0 Å². The van der Waals surface area contributed by atoms with Crippen molar-refractivity contribution in [2.24, 2.45) is 0 Å². The van der Waals surface area contributed by atoms with Gasteiger partial charge in [0.25, 0.3) is 0 Å². The summed E-state index contributed by atoms with van der Waals surface area (Å²) in [6.07, 6.45) is 3.73. The first-order chi connectivity index (χ1) is 13.9. The summed E-state index contributed by atoms with van der Waals surface area (Å²) in [5, 5.41) is 8.20. The number of fused-ring (bicyclic) bond motifs is 1. The SMILES string of the molecule is CC(C)n1cnc2c(NCc3ccccc3-n3ccc(N(C)C)n3)nc(Cl)nc21. The maximum atomic E-state index is 6.18. The Morgan fingerprint density at radius 2 is 1.93 bits per heavy atom. The van der Waals surface area contributed by atoms with Crippen molar-refractivity contribution in [3.8, 4) is 5.69 Å². The van der Waals surface area contributed by atoms with Crippen molar-refractivity contribution in [3.05, 3.63) is 53.7 Å². The Hall–Kier alpha value is -3.13. The predicted octanol–water partition coefficient (Wildman–Crippen LogP) is 3.92. The summed E-state index contributed by atoms with van der Waals surface area (Å²) in [4.78, 5) is 15.2. The van der Waals surface area contributed by atoms with Crippen LogP contribution in [0.5, 0.6) is 0 Å². The summed E-state index contributed by atoms with van der Waals surface area (Å²) >= 11 is 6.18. The maximum absolute atomic E-state index is 6.18. The van der Waals surface area contributed by atoms with Crippen LogP contribution in [0.3, 0.4) is 0 Å². The van der Waals surface area contributed by atoms with Crippen LogP contribution in [-0.2, 0) is 6.54 Å². The number of aromatic nitrogens is 6. The summed E-state index contributed by atoms with van der Waals surface area (Å²) in [6, 6.07) is 10.3. The number of para-hydroxylation sites is 1. The summed E-state index contributed by atoms with van der Waals surface area (Å²) in [6.45, 7) is 4.70. The molecule has 0 unspecified atom stereocenters. The standard InChI is InChI=1S/C20H23ClN8/c1-13(2)28-12-23-17-18(24-20(21)25-19(17)28)22-11-14-7-5-6-8-15(14)29-10-9-16(26-29)27(3)4/h5-10,12-13H,11H2,1-4H3,(H,22,24,25). The van der Waals surface area contributed by atoms with E-state index in [-0.39, 0.29) is 11.3 Å². The number of hydrogen-bond donors (Lipinski definition) is 1. The number of anilines is 2. The highest BCUT2D eigenvalue weighted by atomic mass is 35.5. The largest absolute Gasteiger partial charge is 0.364 e. The van der Waals surface area contributed by atoms with Crippen LogP contribution >= 0.6 is 11.6 Å². The molecule has 4 rings (SSSR count). The van der Waals surface area contributed by atoms with Gasteiger partial charge in [0.15, 0.2) is 17.0 Å². The lowest BCUT2D eigenvalue weighted by atomic mass is 10.2. The first-order valence-corrected chi connectivity index (χ1v) is 9.77. The highest BCUT2D eigenvalue weighted by Gasteiger charge is 2.15. The third kappa shape index (κ3) is 3.75. The van der Waals surface area contributed by atoms with Crippen LogP contribution in [-0.4, -0.2) is 43.4 Å². The molecular weight excluding hydrogens is 388 g/mol. The quantitative estimate of drug-likeness (QED) is 0.485. The molecule has 0 spiro atoms. The first-order valence-electron chi connectivity index (χ1n) is 9.39. The predicted molar refractivity (Wildman–Crippen MR) is 116 cm³/mol. The number of halogens is 1. The molecule has 0 radical (unpaired) electrons. The van der Waals surface area contributed by atoms with Crippen LogP contribution < -0.4 is 10.2 Å². The van der Waals surface area contributed by atoms with Gasteiger partial charge in [-0.2, -0.15) is 15.1 Å². The van der Waals surface area contributed by atoms with Gasteiger partial charge in [-0.25, -0.2) is 9.67 Å². The minimum atomic E-state index is 0.193. The molecule has 0 atom stereocenters. The van der Waals surface area contributed by atoms with E-state index < -0.39 is 0 Å². The molecule has 150 valence electrons. The molecule has 0 saturated carbocycles. The zero-order chi connectivity index (χ0) is 20.5. The first kappa shape index (κ1) is 19.2. The Labute approximate surface area is 174 Å². The lowest BCUT2D eigenvalue weighted by Crippen LogP contribution is -2.11. The molecule has 3 aromatic heterocycles. The van der Waals surface area contributed by atoms with Crippen molar-refractivity contribution < 1.29 is 0 Å². The second-order valence-electron chi connectivity index (χ2n) is 7.25. The summed E-state index contributed by atoms with van der Waals surface area (Å²) in [7, 11) is 3.95. The zero-order valence-electron chi connectivity index (χ0n) is 16.8. The molecule has 9 heteroatoms. The van der Waals surface area contributed by atoms with E-state index in [1.165, 1.54) is 0 Å². The van der Waals surface area contributed by atoms with Crippen molar-refractivity contribution in [1.29, 1.82) is 0 Å². The molecular formula is C20H23ClN8. The van der Waals surface area contributed by atoms with E-state index in [0.717, 1.165) is 22.7 Å². The molecule has 0 aliphatic rings. The molecule has 0 amide bonds. The summed E-state index contributed by atoms with van der Waals surface area (Å²) < 4.78 is 3.86. The van der Waals surface area contributed by atoms with E-state index in [4.69, 9.17) is 11.6 Å². The molecule has 0 aliphatic heterocycles. The van der Waals surface area contributed by atoms with Gasteiger partial charge in [-0.1, -0.05) is 18.2 Å². The van der Waals surface area contributed by atoms with Gasteiger partial charge in [-0.15, -0.1) is 0 Å². The third-order valence-electron chi connectivity index (χ3n) is 4.67. The molecule has 0 bridgehead atoms. The van der Waals surface area contributed by atoms with Crippen molar-refractivity contribution >= 4 is 34.4 Å². The van der Waals surface area contributed by atoms with Gasteiger partial charge in [-0.05, 0) is 37.1 Å². The maximum Gasteiger partial charge on any atom is 0.226 e. The fourth-order valence-corrected chi connectivity index (χ4v) is 3.31. The Bertz CT molecular complexity index is 1140. The van der Waals surface area contributed by atoms with Crippen molar-refractivity contribution in [2.45, 2.75) is 26.4 Å². The van der Waals surface area contributed by atoms with Crippen LogP contribution in [0.4, 0.5) is 11.6 Å². The smallest absolute Gasteiger partial charge is 0.226 e. The molecule has 0 fully saturated rings. The van der Waals surface area contributed by atoms with Crippen LogP contribution in [0.2, 0.25) is 5.28 Å². The zero-order valence-corrected chi connectivity index (χ0v) is 17.6. The van der Waals surface area contributed by atoms with Crippen molar-refractivity contribution in [1.82, 2.24) is 29.3 Å². The molecule has 0 saturated heterocycles. The Kier molecular flexibility index (Phi) is 5.10. The lowest BCUT2D eigenvalue weighted by molar-refractivity contribution is 0.612. The Morgan fingerprint density at radius 1 is 1.14 bits per heavy atom. The van der Waals surface area contributed by atoms with Crippen LogP contribution in [0.25, 0.3) is 16.9 Å². The molecule has 8 nitrogen and oxygen atoms in total. The summed E-state index contributed by atoms with van der Waals surface area (Å²) in [5.41, 5.74) is 3.50. The number of hydrogen-bond acceptors (Lipinski definition) is 6. The van der Waals surface area contributed by atoms with Crippen LogP contribution in [0.1, 0.15) is 25.5 Å². The minimum Gasteiger partial charge on any atom is -0.364 e. The molecule has 29 heavy (non-hydrogen) atoms. The number of nitrogens with zero attached hydrogens (tertiary/aromatic N) is 7. The Morgan fingerprint density at radius 3 is 2.66 bits per heavy atom. The molecule has 1 N–H and O–H groups in total. The number of nitrogens with one attached hydrogen (secondary N) is 1. The molecule has 3 heterocycles. The van der Waals surface area contributed by atoms with Gasteiger partial charge in [0.1, 0.15) is 5.82 Å². The number of benzene rings is 1. The van der Waals surface area contributed by atoms with E-state index in [0.29, 0.717) is 17.9 Å². The number of rotatable bonds is 6. The van der Waals surface area contributed by atoms with Gasteiger partial charge in [-0.3, -0.25) is 0 Å². The van der Waals surface area contributed by atoms with Crippen LogP contribution in [0.15, 0.2) is 42.9 Å². The molecule has 1 aromatic carbocycles. The van der Waals surface area contributed by atoms with Gasteiger partial charge in [0.2, 0.25) is 5.28 Å². The highest BCUT2D eigenvalue weighted by molar-refractivity contribution is 6.28.